The van der Waals surface area contributed by atoms with Gasteiger partial charge in [0, 0.05) is 30.9 Å². The van der Waals surface area contributed by atoms with Gasteiger partial charge >= 0.3 is 12.0 Å². The van der Waals surface area contributed by atoms with Crippen molar-refractivity contribution in [2.75, 3.05) is 38.2 Å². The fraction of sp³-hybridized carbons (Fsp3) is 0.677. The molecule has 0 saturated carbocycles. The van der Waals surface area contributed by atoms with Crippen molar-refractivity contribution in [2.24, 2.45) is 5.18 Å². The van der Waals surface area contributed by atoms with Gasteiger partial charge in [0.15, 0.2) is 5.78 Å². The molecule has 19 heteroatoms. The number of carbonyl (C=O) groups excluding carboxylic acids is 4. The molecule has 50 heavy (non-hydrogen) atoms. The standard InChI is InChI=1S/C27H42N4O7S.C4H8N2O5/c1-3-5-14-25(28-24(26(33)29-35)16-15-22-11-8-7-9-12-22)27(34)30(17-6-4-2)21-23(32)13-10-19-39-20-18-38-31(36)37;1-3(11-6(8)9)10-4(7)5-2/h7-9,11-12,24-25,28H,3-6,10,13-21H2,1-2H3;3H,1-2H3,(H,5,7). The highest BCUT2D eigenvalue weighted by Crippen LogP contribution is 2.13. The van der Waals surface area contributed by atoms with E-state index in [4.69, 9.17) is 0 Å². The number of rotatable bonds is 26. The van der Waals surface area contributed by atoms with Gasteiger partial charge < -0.3 is 19.8 Å². The average Bonchev–Trinajstić information content (AvgIpc) is 3.08. The predicted molar refractivity (Wildman–Crippen MR) is 185 cm³/mol. The van der Waals surface area contributed by atoms with Gasteiger partial charge in [0.2, 0.25) is 12.2 Å². The van der Waals surface area contributed by atoms with Crippen LogP contribution < -0.4 is 10.6 Å². The summed E-state index contributed by atoms with van der Waals surface area (Å²) in [4.78, 5) is 89.7. The highest BCUT2D eigenvalue weighted by molar-refractivity contribution is 7.99. The van der Waals surface area contributed by atoms with Crippen LogP contribution in [0.4, 0.5) is 4.79 Å². The second-order valence-electron chi connectivity index (χ2n) is 10.8. The Labute approximate surface area is 295 Å². The Hall–Kier alpha value is -4.39. The molecule has 1 aromatic rings. The number of nitroso groups, excluding NO2 is 1. The number of thioether (sulfide) groups is 1. The van der Waals surface area contributed by atoms with Crippen LogP contribution in [0.3, 0.4) is 0 Å². The molecule has 0 fully saturated rings. The van der Waals surface area contributed by atoms with Gasteiger partial charge in [0.05, 0.1) is 18.6 Å². The van der Waals surface area contributed by atoms with Crippen LogP contribution in [0.1, 0.15) is 77.7 Å². The topological polar surface area (TPSA) is 239 Å². The molecule has 3 unspecified atom stereocenters. The maximum absolute atomic E-state index is 13.6. The van der Waals surface area contributed by atoms with E-state index in [0.29, 0.717) is 50.2 Å². The number of nitrogens with zero attached hydrogens (tertiary/aromatic N) is 4. The highest BCUT2D eigenvalue weighted by Gasteiger charge is 2.30. The summed E-state index contributed by atoms with van der Waals surface area (Å²) in [6.45, 7) is 5.65. The number of ketones is 1. The molecular formula is C31H50N6O12S. The molecule has 0 heterocycles. The van der Waals surface area contributed by atoms with Crippen molar-refractivity contribution in [3.05, 3.63) is 61.0 Å². The van der Waals surface area contributed by atoms with Gasteiger partial charge in [-0.1, -0.05) is 63.4 Å². The lowest BCUT2D eigenvalue weighted by atomic mass is 10.0. The van der Waals surface area contributed by atoms with Gasteiger partial charge in [-0.15, -0.1) is 25.1 Å². The smallest absolute Gasteiger partial charge is 0.408 e. The zero-order chi connectivity index (χ0) is 37.7. The summed E-state index contributed by atoms with van der Waals surface area (Å²) < 4.78 is 4.30. The lowest BCUT2D eigenvalue weighted by Crippen LogP contribution is -2.53. The average molecular weight is 731 g/mol. The summed E-state index contributed by atoms with van der Waals surface area (Å²) in [7, 11) is 1.33. The van der Waals surface area contributed by atoms with Gasteiger partial charge in [-0.05, 0) is 50.3 Å². The number of amides is 3. The number of unbranched alkanes of at least 4 members (excludes halogenated alkanes) is 2. The van der Waals surface area contributed by atoms with Crippen molar-refractivity contribution >= 4 is 35.5 Å². The van der Waals surface area contributed by atoms with Crippen LogP contribution in [-0.2, 0) is 35.2 Å². The molecule has 3 atom stereocenters. The van der Waals surface area contributed by atoms with Crippen molar-refractivity contribution in [1.82, 2.24) is 15.5 Å². The number of hydrogen-bond acceptors (Lipinski definition) is 14. The van der Waals surface area contributed by atoms with E-state index >= 15 is 0 Å². The van der Waals surface area contributed by atoms with E-state index in [1.807, 2.05) is 44.2 Å². The second-order valence-corrected chi connectivity index (χ2v) is 12.1. The Balaban J connectivity index is 0.00000186. The summed E-state index contributed by atoms with van der Waals surface area (Å²) in [5, 5.41) is 25.8. The number of benzene rings is 1. The normalized spacial score (nSPS) is 12.2. The van der Waals surface area contributed by atoms with E-state index in [-0.39, 0.29) is 24.8 Å². The van der Waals surface area contributed by atoms with E-state index in [2.05, 4.69) is 30.2 Å². The third kappa shape index (κ3) is 23.0. The van der Waals surface area contributed by atoms with Crippen LogP contribution in [0.15, 0.2) is 35.5 Å². The molecule has 0 aliphatic carbocycles. The second kappa shape index (κ2) is 28.4. The number of ether oxygens (including phenoxy) is 1. The predicted octanol–water partition coefficient (Wildman–Crippen LogP) is 4.25. The van der Waals surface area contributed by atoms with Crippen molar-refractivity contribution in [1.29, 1.82) is 0 Å². The Bertz CT molecular complexity index is 1180. The minimum absolute atomic E-state index is 0.00548. The molecule has 0 radical (unpaired) electrons. The number of alkyl carbamates (subject to hydrolysis) is 1. The monoisotopic (exact) mass is 730 g/mol. The maximum atomic E-state index is 13.6. The molecule has 282 valence electrons. The fourth-order valence-electron chi connectivity index (χ4n) is 4.35. The molecule has 0 aliphatic rings. The Morgan fingerprint density at radius 2 is 1.64 bits per heavy atom. The van der Waals surface area contributed by atoms with Crippen molar-refractivity contribution in [3.63, 3.8) is 0 Å². The molecule has 1 rings (SSSR count). The zero-order valence-corrected chi connectivity index (χ0v) is 29.9. The summed E-state index contributed by atoms with van der Waals surface area (Å²) in [6.07, 6.45) is 3.43. The summed E-state index contributed by atoms with van der Waals surface area (Å²) in [5.41, 5.74) is 1.01. The first kappa shape index (κ1) is 45.6. The quantitative estimate of drug-likeness (QED) is 0.0446. The first-order valence-electron chi connectivity index (χ1n) is 16.4. The van der Waals surface area contributed by atoms with Gasteiger partial charge in [-0.2, -0.15) is 11.8 Å². The summed E-state index contributed by atoms with van der Waals surface area (Å²) in [6, 6.07) is 7.97. The number of carbonyl (C=O) groups is 4. The van der Waals surface area contributed by atoms with Crippen LogP contribution in [0.5, 0.6) is 0 Å². The Morgan fingerprint density at radius 3 is 2.22 bits per heavy atom. The first-order chi connectivity index (χ1) is 23.9. The molecule has 0 bridgehead atoms. The number of nitrogens with one attached hydrogen (secondary N) is 2. The SMILES string of the molecule is CCCCC(NC(CCc1ccccc1)C(=O)N=O)C(=O)N(CCCC)CC(=O)CCCSCCO[N+](=O)[O-].CNC(=O)OC(C)O[N+](=O)[O-]. The molecule has 18 nitrogen and oxygen atoms in total. The summed E-state index contributed by atoms with van der Waals surface area (Å²) >= 11 is 1.47. The molecule has 0 saturated heterocycles. The van der Waals surface area contributed by atoms with E-state index in [1.54, 1.807) is 4.90 Å². The van der Waals surface area contributed by atoms with Gasteiger partial charge in [0.25, 0.3) is 10.2 Å². The zero-order valence-electron chi connectivity index (χ0n) is 29.1. The summed E-state index contributed by atoms with van der Waals surface area (Å²) in [5.74, 6) is -0.0409. The highest BCUT2D eigenvalue weighted by atomic mass is 32.2. The lowest BCUT2D eigenvalue weighted by Gasteiger charge is -2.29. The third-order valence-corrected chi connectivity index (χ3v) is 7.87. The van der Waals surface area contributed by atoms with E-state index < -0.39 is 40.5 Å². The van der Waals surface area contributed by atoms with E-state index in [1.165, 1.54) is 25.7 Å². The van der Waals surface area contributed by atoms with Crippen molar-refractivity contribution in [3.8, 4) is 0 Å². The molecule has 0 aromatic heterocycles. The van der Waals surface area contributed by atoms with E-state index in [9.17, 15) is 44.3 Å². The molecular weight excluding hydrogens is 680 g/mol. The molecule has 0 spiro atoms. The molecule has 0 aliphatic heterocycles. The largest absolute Gasteiger partial charge is 0.419 e. The number of aryl methyl sites for hydroxylation is 1. The molecule has 2 N–H and O–H groups in total. The number of hydrogen-bond donors (Lipinski definition) is 2. The van der Waals surface area contributed by atoms with Crippen molar-refractivity contribution < 1.29 is 43.8 Å². The van der Waals surface area contributed by atoms with E-state index in [0.717, 1.165) is 31.2 Å². The Morgan fingerprint density at radius 1 is 0.960 bits per heavy atom. The van der Waals surface area contributed by atoms with Crippen LogP contribution in [0, 0.1) is 25.1 Å². The van der Waals surface area contributed by atoms with Gasteiger partial charge in [-0.3, -0.25) is 24.5 Å². The fourth-order valence-corrected chi connectivity index (χ4v) is 5.10. The third-order valence-electron chi connectivity index (χ3n) is 6.84. The lowest BCUT2D eigenvalue weighted by molar-refractivity contribution is -0.777. The van der Waals surface area contributed by atoms with Crippen LogP contribution in [-0.4, -0.2) is 95.4 Å². The maximum Gasteiger partial charge on any atom is 0.408 e. The van der Waals surface area contributed by atoms with Gasteiger partial charge in [-0.25, -0.2) is 4.79 Å². The Kier molecular flexibility index (Phi) is 26.0. The minimum atomic E-state index is -1.19. The molecule has 3 amide bonds. The van der Waals surface area contributed by atoms with Crippen LogP contribution in [0.25, 0.3) is 0 Å². The first-order valence-corrected chi connectivity index (χ1v) is 17.6. The molecule has 1 aromatic carbocycles. The van der Waals surface area contributed by atoms with Crippen LogP contribution >= 0.6 is 11.8 Å². The minimum Gasteiger partial charge on any atom is -0.419 e. The van der Waals surface area contributed by atoms with Crippen LogP contribution in [0.2, 0.25) is 0 Å². The van der Waals surface area contributed by atoms with Gasteiger partial charge in [0.1, 0.15) is 6.61 Å². The number of Topliss-reactive ketones (excluding diaryl/α,β-unsaturated/α-hetero) is 1. The van der Waals surface area contributed by atoms with Crippen molar-refractivity contribution in [2.45, 2.75) is 96.9 Å².